The van der Waals surface area contributed by atoms with Gasteiger partial charge in [0.1, 0.15) is 17.2 Å². The van der Waals surface area contributed by atoms with Gasteiger partial charge in [0.2, 0.25) is 9.05 Å². The predicted molar refractivity (Wildman–Crippen MR) is 58.1 cm³/mol. The van der Waals surface area contributed by atoms with Crippen molar-refractivity contribution in [2.24, 2.45) is 5.92 Å². The van der Waals surface area contributed by atoms with Crippen LogP contribution in [0.15, 0.2) is 10.6 Å². The molecule has 0 aliphatic carbocycles. The topological polar surface area (TPSA) is 60.2 Å². The maximum atomic E-state index is 10.8. The van der Waals surface area contributed by atoms with Gasteiger partial charge in [0, 0.05) is 23.2 Å². The van der Waals surface area contributed by atoms with E-state index in [1.54, 1.807) is 6.07 Å². The van der Waals surface area contributed by atoms with Gasteiger partial charge in [-0.1, -0.05) is 19.0 Å². The van der Waals surface area contributed by atoms with Crippen molar-refractivity contribution in [2.45, 2.75) is 32.4 Å². The first kappa shape index (κ1) is 12.5. The van der Waals surface area contributed by atoms with Gasteiger partial charge in [0.15, 0.2) is 0 Å². The molecule has 1 aromatic heterocycles. The number of hydrogen-bond acceptors (Lipinski definition) is 4. The Morgan fingerprint density at radius 2 is 2.20 bits per heavy atom. The Labute approximate surface area is 94.0 Å². The van der Waals surface area contributed by atoms with Gasteiger partial charge in [0.05, 0.1) is 0 Å². The lowest BCUT2D eigenvalue weighted by Gasteiger charge is -1.99. The lowest BCUT2D eigenvalue weighted by Crippen LogP contribution is -1.94. The zero-order valence-corrected chi connectivity index (χ0v) is 10.3. The van der Waals surface area contributed by atoms with Crippen LogP contribution in [0.2, 0.25) is 0 Å². The highest BCUT2D eigenvalue weighted by Gasteiger charge is 2.12. The number of hydrogen-bond donors (Lipinski definition) is 0. The van der Waals surface area contributed by atoms with Gasteiger partial charge >= 0.3 is 0 Å². The molecule has 0 aliphatic heterocycles. The Balaban J connectivity index is 2.57. The summed E-state index contributed by atoms with van der Waals surface area (Å²) in [5, 5.41) is 3.64. The van der Waals surface area contributed by atoms with Crippen molar-refractivity contribution in [3.05, 3.63) is 17.5 Å². The van der Waals surface area contributed by atoms with Crippen LogP contribution >= 0.6 is 10.7 Å². The number of aryl methyl sites for hydroxylation is 1. The van der Waals surface area contributed by atoms with E-state index in [2.05, 4.69) is 19.0 Å². The van der Waals surface area contributed by atoms with Gasteiger partial charge < -0.3 is 4.52 Å². The molecule has 0 amide bonds. The standard InChI is InChI=1S/C9H14ClNO3S/c1-7(2)3-4-9-5-8(11-14-9)6-15(10,12)13/h5,7H,3-4,6H2,1-2H3. The van der Waals surface area contributed by atoms with E-state index in [1.165, 1.54) is 0 Å². The second kappa shape index (κ2) is 4.99. The molecule has 0 aromatic carbocycles. The molecule has 0 bridgehead atoms. The van der Waals surface area contributed by atoms with E-state index >= 15 is 0 Å². The second-order valence-electron chi connectivity index (χ2n) is 3.90. The first-order valence-corrected chi connectivity index (χ1v) is 7.21. The second-order valence-corrected chi connectivity index (χ2v) is 6.68. The fourth-order valence-electron chi connectivity index (χ4n) is 1.15. The van der Waals surface area contributed by atoms with Crippen LogP contribution in [0.5, 0.6) is 0 Å². The Kier molecular flexibility index (Phi) is 4.16. The average molecular weight is 252 g/mol. The summed E-state index contributed by atoms with van der Waals surface area (Å²) in [7, 11) is 1.55. The third-order valence-electron chi connectivity index (χ3n) is 1.90. The first-order chi connectivity index (χ1) is 6.87. The summed E-state index contributed by atoms with van der Waals surface area (Å²) in [6.45, 7) is 4.22. The maximum Gasteiger partial charge on any atom is 0.238 e. The van der Waals surface area contributed by atoms with E-state index in [0.29, 0.717) is 17.4 Å². The molecule has 0 spiro atoms. The minimum Gasteiger partial charge on any atom is -0.361 e. The molecule has 15 heavy (non-hydrogen) atoms. The van der Waals surface area contributed by atoms with E-state index in [9.17, 15) is 8.42 Å². The van der Waals surface area contributed by atoms with E-state index in [1.807, 2.05) is 0 Å². The molecule has 0 aliphatic rings. The molecule has 0 saturated carbocycles. The van der Waals surface area contributed by atoms with Crippen LogP contribution in [0.25, 0.3) is 0 Å². The summed E-state index contributed by atoms with van der Waals surface area (Å²) in [4.78, 5) is 0. The Hall–Kier alpha value is -0.550. The zero-order valence-electron chi connectivity index (χ0n) is 8.73. The molecule has 0 N–H and O–H groups in total. The molecule has 0 atom stereocenters. The van der Waals surface area contributed by atoms with Crippen molar-refractivity contribution in [1.82, 2.24) is 5.16 Å². The first-order valence-electron chi connectivity index (χ1n) is 4.73. The molecule has 6 heteroatoms. The molecular weight excluding hydrogens is 238 g/mol. The fraction of sp³-hybridized carbons (Fsp3) is 0.667. The van der Waals surface area contributed by atoms with Gasteiger partial charge in [-0.05, 0) is 12.3 Å². The molecule has 86 valence electrons. The normalized spacial score (nSPS) is 12.3. The van der Waals surface area contributed by atoms with Crippen molar-refractivity contribution in [1.29, 1.82) is 0 Å². The Bertz CT molecular complexity index is 411. The van der Waals surface area contributed by atoms with Gasteiger partial charge in [-0.2, -0.15) is 0 Å². The summed E-state index contributed by atoms with van der Waals surface area (Å²) in [5.41, 5.74) is 0.365. The summed E-state index contributed by atoms with van der Waals surface area (Å²) in [6, 6.07) is 1.64. The Morgan fingerprint density at radius 1 is 1.53 bits per heavy atom. The van der Waals surface area contributed by atoms with Crippen molar-refractivity contribution in [3.63, 3.8) is 0 Å². The fourth-order valence-corrected chi connectivity index (χ4v) is 1.97. The molecule has 1 heterocycles. The molecule has 0 radical (unpaired) electrons. The molecule has 4 nitrogen and oxygen atoms in total. The van der Waals surface area contributed by atoms with Crippen LogP contribution in [-0.2, 0) is 21.2 Å². The number of rotatable bonds is 5. The number of aromatic nitrogens is 1. The average Bonchev–Trinajstić information content (AvgIpc) is 2.45. The van der Waals surface area contributed by atoms with Crippen molar-refractivity contribution in [3.8, 4) is 0 Å². The lowest BCUT2D eigenvalue weighted by molar-refractivity contribution is 0.369. The SMILES string of the molecule is CC(C)CCc1cc(CS(=O)(=O)Cl)no1. The molecule has 0 fully saturated rings. The van der Waals surface area contributed by atoms with E-state index in [4.69, 9.17) is 15.2 Å². The summed E-state index contributed by atoms with van der Waals surface area (Å²) in [6.07, 6.45) is 1.76. The van der Waals surface area contributed by atoms with Gasteiger partial charge in [-0.15, -0.1) is 0 Å². The molecule has 1 aromatic rings. The molecule has 1 rings (SSSR count). The van der Waals surface area contributed by atoms with E-state index in [-0.39, 0.29) is 5.75 Å². The molecular formula is C9H14ClNO3S. The minimum absolute atomic E-state index is 0.278. The highest BCUT2D eigenvalue weighted by atomic mass is 35.7. The smallest absolute Gasteiger partial charge is 0.238 e. The maximum absolute atomic E-state index is 10.8. The van der Waals surface area contributed by atoms with Gasteiger partial charge in [-0.3, -0.25) is 0 Å². The largest absolute Gasteiger partial charge is 0.361 e. The quantitative estimate of drug-likeness (QED) is 0.754. The summed E-state index contributed by atoms with van der Waals surface area (Å²) < 4.78 is 26.5. The third-order valence-corrected chi connectivity index (χ3v) is 2.86. The highest BCUT2D eigenvalue weighted by Crippen LogP contribution is 2.13. The van der Waals surface area contributed by atoms with Crippen LogP contribution < -0.4 is 0 Å². The minimum atomic E-state index is -3.55. The van der Waals surface area contributed by atoms with Crippen LogP contribution in [0.1, 0.15) is 31.7 Å². The summed E-state index contributed by atoms with van der Waals surface area (Å²) in [5.74, 6) is 1.01. The number of nitrogens with zero attached hydrogens (tertiary/aromatic N) is 1. The van der Waals surface area contributed by atoms with Crippen molar-refractivity contribution < 1.29 is 12.9 Å². The number of halogens is 1. The van der Waals surface area contributed by atoms with Gasteiger partial charge in [-0.25, -0.2) is 8.42 Å². The third kappa shape index (κ3) is 5.18. The van der Waals surface area contributed by atoms with Crippen molar-refractivity contribution >= 4 is 19.7 Å². The van der Waals surface area contributed by atoms with Crippen molar-refractivity contribution in [2.75, 3.05) is 0 Å². The summed E-state index contributed by atoms with van der Waals surface area (Å²) >= 11 is 0. The van der Waals surface area contributed by atoms with E-state index < -0.39 is 9.05 Å². The van der Waals surface area contributed by atoms with Crippen LogP contribution in [-0.4, -0.2) is 13.6 Å². The molecule has 0 unspecified atom stereocenters. The van der Waals surface area contributed by atoms with Gasteiger partial charge in [0.25, 0.3) is 0 Å². The monoisotopic (exact) mass is 251 g/mol. The Morgan fingerprint density at radius 3 is 2.73 bits per heavy atom. The predicted octanol–water partition coefficient (Wildman–Crippen LogP) is 2.33. The van der Waals surface area contributed by atoms with E-state index in [0.717, 1.165) is 12.8 Å². The van der Waals surface area contributed by atoms with Crippen LogP contribution in [0.3, 0.4) is 0 Å². The molecule has 0 saturated heterocycles. The van der Waals surface area contributed by atoms with Crippen LogP contribution in [0.4, 0.5) is 0 Å². The van der Waals surface area contributed by atoms with Crippen LogP contribution in [0, 0.1) is 5.92 Å². The lowest BCUT2D eigenvalue weighted by atomic mass is 10.1. The zero-order chi connectivity index (χ0) is 11.5. The highest BCUT2D eigenvalue weighted by molar-refractivity contribution is 8.13.